The molecule has 2 rings (SSSR count). The Hall–Kier alpha value is -0.610. The molecule has 1 aliphatic heterocycles. The monoisotopic (exact) mass is 267 g/mol. The summed E-state index contributed by atoms with van der Waals surface area (Å²) in [6.07, 6.45) is 7.10. The summed E-state index contributed by atoms with van der Waals surface area (Å²) < 4.78 is 0. The van der Waals surface area contributed by atoms with Gasteiger partial charge in [-0.1, -0.05) is 0 Å². The number of nitrogens with zero attached hydrogens (tertiary/aromatic N) is 2. The van der Waals surface area contributed by atoms with E-state index in [0.29, 0.717) is 6.42 Å². The number of carbonyl (C=O) groups excluding carboxylic acids is 1. The van der Waals surface area contributed by atoms with Gasteiger partial charge < -0.3 is 15.1 Å². The van der Waals surface area contributed by atoms with Crippen LogP contribution in [0.25, 0.3) is 0 Å². The summed E-state index contributed by atoms with van der Waals surface area (Å²) in [5.74, 6) is 1.23. The maximum atomic E-state index is 11.5. The van der Waals surface area contributed by atoms with Gasteiger partial charge >= 0.3 is 0 Å². The van der Waals surface area contributed by atoms with Crippen molar-refractivity contribution in [3.8, 4) is 0 Å². The summed E-state index contributed by atoms with van der Waals surface area (Å²) >= 11 is 0. The van der Waals surface area contributed by atoms with Gasteiger partial charge in [0.1, 0.15) is 0 Å². The van der Waals surface area contributed by atoms with Crippen LogP contribution in [0.3, 0.4) is 0 Å². The van der Waals surface area contributed by atoms with Crippen LogP contribution in [0.2, 0.25) is 0 Å². The fourth-order valence-electron chi connectivity index (χ4n) is 2.69. The zero-order valence-electron chi connectivity index (χ0n) is 12.5. The van der Waals surface area contributed by atoms with E-state index in [1.807, 2.05) is 14.1 Å². The van der Waals surface area contributed by atoms with Crippen LogP contribution >= 0.6 is 0 Å². The summed E-state index contributed by atoms with van der Waals surface area (Å²) in [6.45, 7) is 4.70. The van der Waals surface area contributed by atoms with Gasteiger partial charge in [-0.05, 0) is 64.2 Å². The molecule has 4 heteroatoms. The van der Waals surface area contributed by atoms with Crippen LogP contribution < -0.4 is 5.32 Å². The number of piperidine rings is 1. The van der Waals surface area contributed by atoms with E-state index in [-0.39, 0.29) is 5.91 Å². The molecule has 2 aliphatic rings. The van der Waals surface area contributed by atoms with Crippen molar-refractivity contribution in [2.45, 2.75) is 44.6 Å². The zero-order valence-corrected chi connectivity index (χ0v) is 12.5. The van der Waals surface area contributed by atoms with Crippen LogP contribution in [-0.2, 0) is 4.79 Å². The van der Waals surface area contributed by atoms with Gasteiger partial charge in [0.05, 0.1) is 0 Å². The molecule has 1 aliphatic carbocycles. The Morgan fingerprint density at radius 3 is 2.47 bits per heavy atom. The van der Waals surface area contributed by atoms with Gasteiger partial charge in [0.15, 0.2) is 0 Å². The topological polar surface area (TPSA) is 35.6 Å². The Morgan fingerprint density at radius 1 is 1.21 bits per heavy atom. The second kappa shape index (κ2) is 7.25. The van der Waals surface area contributed by atoms with E-state index in [9.17, 15) is 4.79 Å². The molecule has 110 valence electrons. The van der Waals surface area contributed by atoms with E-state index < -0.39 is 0 Å². The van der Waals surface area contributed by atoms with E-state index in [0.717, 1.165) is 24.9 Å². The smallest absolute Gasteiger partial charge is 0.222 e. The molecule has 1 saturated heterocycles. The Balaban J connectivity index is 1.51. The van der Waals surface area contributed by atoms with Crippen LogP contribution in [0.1, 0.15) is 38.5 Å². The molecule has 0 radical (unpaired) electrons. The van der Waals surface area contributed by atoms with Crippen LogP contribution in [0.4, 0.5) is 0 Å². The second-order valence-corrected chi connectivity index (χ2v) is 6.36. The number of nitrogens with one attached hydrogen (secondary N) is 1. The maximum absolute atomic E-state index is 11.5. The first-order valence-electron chi connectivity index (χ1n) is 7.81. The molecule has 1 heterocycles. The second-order valence-electron chi connectivity index (χ2n) is 6.36. The van der Waals surface area contributed by atoms with Gasteiger partial charge in [-0.15, -0.1) is 0 Å². The normalized spacial score (nSPS) is 21.6. The standard InChI is InChI=1S/C15H29N3O/c1-17(2)15(19)4-3-9-18-10-7-14(8-11-18)16-12-13-5-6-13/h13-14,16H,3-12H2,1-2H3. The molecule has 1 N–H and O–H groups in total. The molecule has 0 aromatic rings. The molecule has 0 spiro atoms. The number of likely N-dealkylation sites (tertiary alicyclic amines) is 1. The average Bonchev–Trinajstić information content (AvgIpc) is 3.21. The predicted octanol–water partition coefficient (Wildman–Crippen LogP) is 1.32. The van der Waals surface area contributed by atoms with E-state index in [1.165, 1.54) is 45.3 Å². The summed E-state index contributed by atoms with van der Waals surface area (Å²) in [5.41, 5.74) is 0. The third-order valence-electron chi connectivity index (χ3n) is 4.34. The number of carbonyl (C=O) groups is 1. The molecule has 19 heavy (non-hydrogen) atoms. The minimum absolute atomic E-state index is 0.251. The molecule has 0 aromatic carbocycles. The van der Waals surface area contributed by atoms with Crippen LogP contribution in [0, 0.1) is 5.92 Å². The van der Waals surface area contributed by atoms with Gasteiger partial charge in [-0.2, -0.15) is 0 Å². The van der Waals surface area contributed by atoms with E-state index in [4.69, 9.17) is 0 Å². The fraction of sp³-hybridized carbons (Fsp3) is 0.933. The van der Waals surface area contributed by atoms with Crippen molar-refractivity contribution in [2.75, 3.05) is 40.3 Å². The summed E-state index contributed by atoms with van der Waals surface area (Å²) in [4.78, 5) is 15.7. The molecule has 0 atom stereocenters. The van der Waals surface area contributed by atoms with Crippen molar-refractivity contribution in [3.05, 3.63) is 0 Å². The maximum Gasteiger partial charge on any atom is 0.222 e. The van der Waals surface area contributed by atoms with Crippen molar-refractivity contribution < 1.29 is 4.79 Å². The number of amides is 1. The number of rotatable bonds is 7. The van der Waals surface area contributed by atoms with Crippen LogP contribution in [0.5, 0.6) is 0 Å². The van der Waals surface area contributed by atoms with Crippen molar-refractivity contribution in [1.29, 1.82) is 0 Å². The highest BCUT2D eigenvalue weighted by molar-refractivity contribution is 5.75. The van der Waals surface area contributed by atoms with Crippen LogP contribution in [-0.4, -0.2) is 62.0 Å². The lowest BCUT2D eigenvalue weighted by Crippen LogP contribution is -2.43. The van der Waals surface area contributed by atoms with Crippen molar-refractivity contribution >= 4 is 5.91 Å². The zero-order chi connectivity index (χ0) is 13.7. The minimum atomic E-state index is 0.251. The first kappa shape index (κ1) is 14.8. The highest BCUT2D eigenvalue weighted by Gasteiger charge is 2.24. The van der Waals surface area contributed by atoms with Gasteiger partial charge in [0.2, 0.25) is 5.91 Å². The third-order valence-corrected chi connectivity index (χ3v) is 4.34. The van der Waals surface area contributed by atoms with Crippen molar-refractivity contribution in [2.24, 2.45) is 5.92 Å². The molecule has 2 fully saturated rings. The Morgan fingerprint density at radius 2 is 1.89 bits per heavy atom. The Kier molecular flexibility index (Phi) is 5.64. The lowest BCUT2D eigenvalue weighted by Gasteiger charge is -2.32. The van der Waals surface area contributed by atoms with Crippen molar-refractivity contribution in [1.82, 2.24) is 15.1 Å². The van der Waals surface area contributed by atoms with E-state index >= 15 is 0 Å². The highest BCUT2D eigenvalue weighted by atomic mass is 16.2. The van der Waals surface area contributed by atoms with Gasteiger partial charge in [0, 0.05) is 26.6 Å². The third kappa shape index (κ3) is 5.49. The molecular weight excluding hydrogens is 238 g/mol. The molecule has 0 unspecified atom stereocenters. The average molecular weight is 267 g/mol. The Labute approximate surface area is 117 Å². The molecular formula is C15H29N3O. The number of hydrogen-bond donors (Lipinski definition) is 1. The van der Waals surface area contributed by atoms with E-state index in [2.05, 4.69) is 10.2 Å². The largest absolute Gasteiger partial charge is 0.349 e. The van der Waals surface area contributed by atoms with Crippen LogP contribution in [0.15, 0.2) is 0 Å². The number of hydrogen-bond acceptors (Lipinski definition) is 3. The molecule has 0 bridgehead atoms. The lowest BCUT2D eigenvalue weighted by molar-refractivity contribution is -0.128. The molecule has 4 nitrogen and oxygen atoms in total. The quantitative estimate of drug-likeness (QED) is 0.755. The highest BCUT2D eigenvalue weighted by Crippen LogP contribution is 2.28. The summed E-state index contributed by atoms with van der Waals surface area (Å²) in [7, 11) is 3.67. The first-order valence-corrected chi connectivity index (χ1v) is 7.81. The fourth-order valence-corrected chi connectivity index (χ4v) is 2.69. The SMILES string of the molecule is CN(C)C(=O)CCCN1CCC(NCC2CC2)CC1. The minimum Gasteiger partial charge on any atom is -0.349 e. The predicted molar refractivity (Wildman–Crippen MR) is 78.1 cm³/mol. The van der Waals surface area contributed by atoms with Gasteiger partial charge in [0.25, 0.3) is 0 Å². The first-order chi connectivity index (χ1) is 9.15. The molecule has 1 amide bonds. The van der Waals surface area contributed by atoms with Crippen molar-refractivity contribution in [3.63, 3.8) is 0 Å². The summed E-state index contributed by atoms with van der Waals surface area (Å²) in [5, 5.41) is 3.71. The molecule has 1 saturated carbocycles. The molecule has 0 aromatic heterocycles. The van der Waals surface area contributed by atoms with Gasteiger partial charge in [-0.3, -0.25) is 4.79 Å². The Bertz CT molecular complexity index is 281. The van der Waals surface area contributed by atoms with Gasteiger partial charge in [-0.25, -0.2) is 0 Å². The summed E-state index contributed by atoms with van der Waals surface area (Å²) in [6, 6.07) is 0.736. The van der Waals surface area contributed by atoms with E-state index in [1.54, 1.807) is 4.90 Å². The lowest BCUT2D eigenvalue weighted by atomic mass is 10.0.